The van der Waals surface area contributed by atoms with Crippen molar-refractivity contribution in [3.8, 4) is 5.75 Å². The number of rotatable bonds is 2. The fraction of sp³-hybridized carbons (Fsp3) is 0.500. The molecule has 0 aliphatic heterocycles. The third-order valence-corrected chi connectivity index (χ3v) is 1.73. The van der Waals surface area contributed by atoms with Gasteiger partial charge in [0, 0.05) is 21.1 Å². The summed E-state index contributed by atoms with van der Waals surface area (Å²) in [6.07, 6.45) is 1.52. The lowest BCUT2D eigenvalue weighted by Gasteiger charge is -2.11. The van der Waals surface area contributed by atoms with E-state index in [4.69, 9.17) is 4.74 Å². The highest BCUT2D eigenvalue weighted by atomic mass is 16.5. The highest BCUT2D eigenvalue weighted by Crippen LogP contribution is 2.17. The van der Waals surface area contributed by atoms with Gasteiger partial charge >= 0.3 is 0 Å². The topological polar surface area (TPSA) is 47.4 Å². The van der Waals surface area contributed by atoms with Crippen molar-refractivity contribution in [2.24, 2.45) is 7.05 Å². The van der Waals surface area contributed by atoms with E-state index in [1.54, 1.807) is 21.1 Å². The minimum absolute atomic E-state index is 0.114. The van der Waals surface area contributed by atoms with Gasteiger partial charge in [0.1, 0.15) is 0 Å². The van der Waals surface area contributed by atoms with Gasteiger partial charge < -0.3 is 9.64 Å². The van der Waals surface area contributed by atoms with Gasteiger partial charge in [-0.05, 0) is 0 Å². The Morgan fingerprint density at radius 3 is 2.69 bits per heavy atom. The number of aromatic nitrogens is 2. The average Bonchev–Trinajstić information content (AvgIpc) is 2.45. The van der Waals surface area contributed by atoms with Gasteiger partial charge in [-0.3, -0.25) is 9.48 Å². The predicted octanol–water partition coefficient (Wildman–Crippen LogP) is 0.130. The van der Waals surface area contributed by atoms with Crippen molar-refractivity contribution in [1.82, 2.24) is 14.7 Å². The minimum atomic E-state index is -0.114. The summed E-state index contributed by atoms with van der Waals surface area (Å²) in [6, 6.07) is 0. The molecule has 0 spiro atoms. The minimum Gasteiger partial charge on any atom is -0.493 e. The van der Waals surface area contributed by atoms with E-state index >= 15 is 0 Å². The standard InChI is InChI=1S/C8H13N3O2/c1-10(2)8(12)7-6(13-4)5-9-11(7)3/h5H,1-4H3. The van der Waals surface area contributed by atoms with Crippen molar-refractivity contribution in [2.45, 2.75) is 0 Å². The van der Waals surface area contributed by atoms with E-state index in [-0.39, 0.29) is 5.91 Å². The van der Waals surface area contributed by atoms with Crippen LogP contribution in [0.25, 0.3) is 0 Å². The molecule has 1 aromatic heterocycles. The monoisotopic (exact) mass is 183 g/mol. The second kappa shape index (κ2) is 3.47. The summed E-state index contributed by atoms with van der Waals surface area (Å²) < 4.78 is 6.51. The maximum atomic E-state index is 11.6. The van der Waals surface area contributed by atoms with E-state index in [1.807, 2.05) is 0 Å². The van der Waals surface area contributed by atoms with E-state index in [9.17, 15) is 4.79 Å². The third-order valence-electron chi connectivity index (χ3n) is 1.73. The largest absolute Gasteiger partial charge is 0.493 e. The molecule has 0 fully saturated rings. The maximum absolute atomic E-state index is 11.6. The van der Waals surface area contributed by atoms with E-state index < -0.39 is 0 Å². The normalized spacial score (nSPS) is 9.85. The molecule has 5 nitrogen and oxygen atoms in total. The smallest absolute Gasteiger partial charge is 0.275 e. The number of aryl methyl sites for hydroxylation is 1. The zero-order valence-corrected chi connectivity index (χ0v) is 8.24. The molecule has 0 unspecified atom stereocenters. The van der Waals surface area contributed by atoms with Crippen LogP contribution < -0.4 is 4.74 Å². The average molecular weight is 183 g/mol. The van der Waals surface area contributed by atoms with Crippen molar-refractivity contribution in [1.29, 1.82) is 0 Å². The number of hydrogen-bond donors (Lipinski definition) is 0. The van der Waals surface area contributed by atoms with Crippen molar-refractivity contribution >= 4 is 5.91 Å². The van der Waals surface area contributed by atoms with E-state index in [0.717, 1.165) is 0 Å². The molecule has 0 aliphatic rings. The maximum Gasteiger partial charge on any atom is 0.275 e. The van der Waals surface area contributed by atoms with Gasteiger partial charge in [0.25, 0.3) is 5.91 Å². The van der Waals surface area contributed by atoms with Crippen LogP contribution in [0.4, 0.5) is 0 Å². The quantitative estimate of drug-likeness (QED) is 0.654. The molecule has 0 aromatic carbocycles. The van der Waals surface area contributed by atoms with Crippen molar-refractivity contribution in [3.63, 3.8) is 0 Å². The first-order valence-electron chi connectivity index (χ1n) is 3.85. The van der Waals surface area contributed by atoms with Crippen LogP contribution in [0.3, 0.4) is 0 Å². The van der Waals surface area contributed by atoms with Crippen molar-refractivity contribution < 1.29 is 9.53 Å². The number of nitrogens with zero attached hydrogens (tertiary/aromatic N) is 3. The number of methoxy groups -OCH3 is 1. The van der Waals surface area contributed by atoms with E-state index in [0.29, 0.717) is 11.4 Å². The van der Waals surface area contributed by atoms with Gasteiger partial charge in [0.05, 0.1) is 13.3 Å². The van der Waals surface area contributed by atoms with E-state index in [1.165, 1.54) is 22.9 Å². The number of hydrogen-bond acceptors (Lipinski definition) is 3. The first kappa shape index (κ1) is 9.57. The fourth-order valence-electron chi connectivity index (χ4n) is 1.02. The molecule has 0 radical (unpaired) electrons. The van der Waals surface area contributed by atoms with Crippen LogP contribution in [-0.2, 0) is 7.05 Å². The van der Waals surface area contributed by atoms with Gasteiger partial charge in [0.2, 0.25) is 0 Å². The Bertz CT molecular complexity index is 317. The van der Waals surface area contributed by atoms with Gasteiger partial charge in [-0.15, -0.1) is 0 Å². The molecule has 0 saturated carbocycles. The van der Waals surface area contributed by atoms with Crippen LogP contribution in [0, 0.1) is 0 Å². The predicted molar refractivity (Wildman–Crippen MR) is 47.8 cm³/mol. The summed E-state index contributed by atoms with van der Waals surface area (Å²) in [5.74, 6) is 0.387. The Morgan fingerprint density at radius 2 is 2.23 bits per heavy atom. The Kier molecular flexibility index (Phi) is 2.55. The van der Waals surface area contributed by atoms with Crippen LogP contribution in [0.15, 0.2) is 6.20 Å². The molecule has 1 rings (SSSR count). The molecule has 0 atom stereocenters. The lowest BCUT2D eigenvalue weighted by molar-refractivity contribution is 0.0813. The highest BCUT2D eigenvalue weighted by Gasteiger charge is 2.18. The molecule has 1 aromatic rings. The fourth-order valence-corrected chi connectivity index (χ4v) is 1.02. The Morgan fingerprint density at radius 1 is 1.62 bits per heavy atom. The summed E-state index contributed by atoms with van der Waals surface area (Å²) in [4.78, 5) is 13.1. The lowest BCUT2D eigenvalue weighted by Crippen LogP contribution is -2.24. The Balaban J connectivity index is 3.11. The molecule has 0 bridgehead atoms. The van der Waals surface area contributed by atoms with Crippen LogP contribution in [0.5, 0.6) is 5.75 Å². The summed E-state index contributed by atoms with van der Waals surface area (Å²) in [5, 5.41) is 3.94. The summed E-state index contributed by atoms with van der Waals surface area (Å²) in [7, 11) is 6.60. The van der Waals surface area contributed by atoms with Gasteiger partial charge in [0.15, 0.2) is 11.4 Å². The molecule has 5 heteroatoms. The first-order valence-corrected chi connectivity index (χ1v) is 3.85. The van der Waals surface area contributed by atoms with Crippen LogP contribution in [-0.4, -0.2) is 41.8 Å². The third kappa shape index (κ3) is 1.63. The SMILES string of the molecule is COc1cnn(C)c1C(=O)N(C)C. The molecule has 0 aliphatic carbocycles. The van der Waals surface area contributed by atoms with Gasteiger partial charge in [-0.2, -0.15) is 5.10 Å². The molecule has 0 N–H and O–H groups in total. The van der Waals surface area contributed by atoms with Crippen LogP contribution >= 0.6 is 0 Å². The highest BCUT2D eigenvalue weighted by molar-refractivity contribution is 5.94. The van der Waals surface area contributed by atoms with Crippen molar-refractivity contribution in [3.05, 3.63) is 11.9 Å². The lowest BCUT2D eigenvalue weighted by atomic mass is 10.3. The van der Waals surface area contributed by atoms with Crippen molar-refractivity contribution in [2.75, 3.05) is 21.2 Å². The van der Waals surface area contributed by atoms with Gasteiger partial charge in [-0.25, -0.2) is 0 Å². The zero-order chi connectivity index (χ0) is 10.0. The second-order valence-corrected chi connectivity index (χ2v) is 2.88. The van der Waals surface area contributed by atoms with Crippen LogP contribution in [0.1, 0.15) is 10.5 Å². The summed E-state index contributed by atoms with van der Waals surface area (Å²) >= 11 is 0. The van der Waals surface area contributed by atoms with E-state index in [2.05, 4.69) is 5.10 Å². The summed E-state index contributed by atoms with van der Waals surface area (Å²) in [6.45, 7) is 0. The number of carbonyl (C=O) groups is 1. The summed E-state index contributed by atoms with van der Waals surface area (Å²) in [5.41, 5.74) is 0.465. The second-order valence-electron chi connectivity index (χ2n) is 2.88. The molecule has 13 heavy (non-hydrogen) atoms. The zero-order valence-electron chi connectivity index (χ0n) is 8.24. The number of ether oxygens (including phenoxy) is 1. The molecular weight excluding hydrogens is 170 g/mol. The Hall–Kier alpha value is -1.52. The van der Waals surface area contributed by atoms with Crippen LogP contribution in [0.2, 0.25) is 0 Å². The molecule has 1 heterocycles. The number of carbonyl (C=O) groups excluding carboxylic acids is 1. The molecule has 0 saturated heterocycles. The van der Waals surface area contributed by atoms with Gasteiger partial charge in [-0.1, -0.05) is 0 Å². The number of amides is 1. The first-order chi connectivity index (χ1) is 6.07. The molecule has 1 amide bonds. The molecular formula is C8H13N3O2. The Labute approximate surface area is 76.9 Å². The molecule has 72 valence electrons.